The molecule has 10 heteroatoms. The zero-order valence-corrected chi connectivity index (χ0v) is 15.5. The summed E-state index contributed by atoms with van der Waals surface area (Å²) in [6.45, 7) is 2.88. The maximum atomic E-state index is 12.7. The summed E-state index contributed by atoms with van der Waals surface area (Å²) in [6, 6.07) is 9.56. The lowest BCUT2D eigenvalue weighted by atomic mass is 10.1. The number of carbonyl (C=O) groups is 1. The minimum atomic E-state index is -0.532. The van der Waals surface area contributed by atoms with Crippen molar-refractivity contribution in [1.82, 2.24) is 15.1 Å². The zero-order valence-electron chi connectivity index (χ0n) is 15.5. The summed E-state index contributed by atoms with van der Waals surface area (Å²) < 4.78 is 10.3. The minimum absolute atomic E-state index is 0.110. The molecule has 1 saturated heterocycles. The fourth-order valence-electron chi connectivity index (χ4n) is 2.91. The van der Waals surface area contributed by atoms with Crippen LogP contribution in [0, 0.1) is 10.1 Å². The Morgan fingerprint density at radius 2 is 1.86 bits per heavy atom. The number of hydrogen-bond donors (Lipinski definition) is 0. The number of benzene rings is 1. The van der Waals surface area contributed by atoms with Crippen molar-refractivity contribution < 1.29 is 19.2 Å². The second-order valence-corrected chi connectivity index (χ2v) is 6.12. The molecule has 1 aromatic carbocycles. The SMILES string of the molecule is COCCOc1ccc(N2CCN(C(=O)c3ccccc3[N+](=O)[O-])CC2)nn1. The van der Waals surface area contributed by atoms with Crippen LogP contribution in [0.15, 0.2) is 36.4 Å². The Hall–Kier alpha value is -3.27. The van der Waals surface area contributed by atoms with E-state index < -0.39 is 4.92 Å². The highest BCUT2D eigenvalue weighted by molar-refractivity contribution is 5.98. The Bertz CT molecular complexity index is 821. The van der Waals surface area contributed by atoms with Crippen molar-refractivity contribution in [1.29, 1.82) is 0 Å². The number of nitro groups is 1. The lowest BCUT2D eigenvalue weighted by Crippen LogP contribution is -2.49. The Kier molecular flexibility index (Phi) is 6.33. The molecule has 2 aromatic rings. The summed E-state index contributed by atoms with van der Waals surface area (Å²) in [6.07, 6.45) is 0. The van der Waals surface area contributed by atoms with Gasteiger partial charge in [0.05, 0.1) is 11.5 Å². The van der Waals surface area contributed by atoms with Gasteiger partial charge in [0, 0.05) is 45.4 Å². The van der Waals surface area contributed by atoms with E-state index in [1.807, 2.05) is 11.0 Å². The largest absolute Gasteiger partial charge is 0.474 e. The number of para-hydroxylation sites is 1. The van der Waals surface area contributed by atoms with E-state index in [2.05, 4.69) is 10.2 Å². The molecule has 0 N–H and O–H groups in total. The lowest BCUT2D eigenvalue weighted by Gasteiger charge is -2.35. The van der Waals surface area contributed by atoms with Gasteiger partial charge in [-0.25, -0.2) is 0 Å². The monoisotopic (exact) mass is 387 g/mol. The molecular weight excluding hydrogens is 366 g/mol. The number of amides is 1. The smallest absolute Gasteiger partial charge is 0.282 e. The number of nitro benzene ring substituents is 1. The molecule has 3 rings (SSSR count). The minimum Gasteiger partial charge on any atom is -0.474 e. The van der Waals surface area contributed by atoms with Gasteiger partial charge in [-0.15, -0.1) is 10.2 Å². The molecule has 1 fully saturated rings. The molecule has 2 heterocycles. The van der Waals surface area contributed by atoms with Gasteiger partial charge >= 0.3 is 0 Å². The summed E-state index contributed by atoms with van der Waals surface area (Å²) in [4.78, 5) is 26.9. The van der Waals surface area contributed by atoms with E-state index >= 15 is 0 Å². The fourth-order valence-corrected chi connectivity index (χ4v) is 2.91. The van der Waals surface area contributed by atoms with Crippen molar-refractivity contribution in [3.63, 3.8) is 0 Å². The van der Waals surface area contributed by atoms with Crippen LogP contribution in [0.2, 0.25) is 0 Å². The van der Waals surface area contributed by atoms with E-state index in [1.165, 1.54) is 12.1 Å². The van der Waals surface area contributed by atoms with Crippen LogP contribution >= 0.6 is 0 Å². The van der Waals surface area contributed by atoms with Crippen molar-refractivity contribution in [3.05, 3.63) is 52.1 Å². The Balaban J connectivity index is 1.59. The number of aromatic nitrogens is 2. The van der Waals surface area contributed by atoms with Gasteiger partial charge in [0.25, 0.3) is 11.6 Å². The van der Waals surface area contributed by atoms with Crippen molar-refractivity contribution >= 4 is 17.4 Å². The average molecular weight is 387 g/mol. The third-order valence-electron chi connectivity index (χ3n) is 4.39. The summed E-state index contributed by atoms with van der Waals surface area (Å²) >= 11 is 0. The van der Waals surface area contributed by atoms with Gasteiger partial charge < -0.3 is 19.3 Å². The summed E-state index contributed by atoms with van der Waals surface area (Å²) in [5.41, 5.74) is -0.0665. The quantitative estimate of drug-likeness (QED) is 0.398. The first-order chi connectivity index (χ1) is 13.6. The van der Waals surface area contributed by atoms with Crippen LogP contribution in [0.1, 0.15) is 10.4 Å². The predicted octanol–water partition coefficient (Wildman–Crippen LogP) is 1.37. The van der Waals surface area contributed by atoms with Crippen LogP contribution in [-0.4, -0.2) is 72.4 Å². The van der Waals surface area contributed by atoms with E-state index in [9.17, 15) is 14.9 Å². The lowest BCUT2D eigenvalue weighted by molar-refractivity contribution is -0.385. The van der Waals surface area contributed by atoms with Gasteiger partial charge in [0.15, 0.2) is 5.82 Å². The number of anilines is 1. The topological polar surface area (TPSA) is 111 Å². The van der Waals surface area contributed by atoms with E-state index in [4.69, 9.17) is 9.47 Å². The van der Waals surface area contributed by atoms with Gasteiger partial charge in [-0.1, -0.05) is 12.1 Å². The summed E-state index contributed by atoms with van der Waals surface area (Å²) in [5.74, 6) is 0.780. The maximum absolute atomic E-state index is 12.7. The fraction of sp³-hybridized carbons (Fsp3) is 0.389. The molecule has 1 aliphatic heterocycles. The Morgan fingerprint density at radius 1 is 1.11 bits per heavy atom. The number of piperazine rings is 1. The first-order valence-electron chi connectivity index (χ1n) is 8.83. The van der Waals surface area contributed by atoms with E-state index in [0.717, 1.165) is 0 Å². The normalized spacial score (nSPS) is 14.0. The van der Waals surface area contributed by atoms with Crippen LogP contribution in [0.3, 0.4) is 0 Å². The highest BCUT2D eigenvalue weighted by Crippen LogP contribution is 2.21. The highest BCUT2D eigenvalue weighted by atomic mass is 16.6. The van der Waals surface area contributed by atoms with Gasteiger partial charge in [0.2, 0.25) is 5.88 Å². The van der Waals surface area contributed by atoms with Crippen molar-refractivity contribution in [2.24, 2.45) is 0 Å². The number of ether oxygens (including phenoxy) is 2. The molecule has 28 heavy (non-hydrogen) atoms. The number of nitrogens with zero attached hydrogens (tertiary/aromatic N) is 5. The second kappa shape index (κ2) is 9.09. The molecule has 0 saturated carbocycles. The van der Waals surface area contributed by atoms with Crippen LogP contribution in [-0.2, 0) is 4.74 Å². The van der Waals surface area contributed by atoms with Crippen LogP contribution in [0.25, 0.3) is 0 Å². The van der Waals surface area contributed by atoms with Gasteiger partial charge in [-0.2, -0.15) is 0 Å². The molecular formula is C18H21N5O5. The highest BCUT2D eigenvalue weighted by Gasteiger charge is 2.27. The Labute approximate surface area is 161 Å². The van der Waals surface area contributed by atoms with Gasteiger partial charge in [0.1, 0.15) is 12.2 Å². The van der Waals surface area contributed by atoms with E-state index in [0.29, 0.717) is 51.1 Å². The molecule has 1 aliphatic rings. The maximum Gasteiger partial charge on any atom is 0.282 e. The van der Waals surface area contributed by atoms with Crippen molar-refractivity contribution in [3.8, 4) is 5.88 Å². The summed E-state index contributed by atoms with van der Waals surface area (Å²) in [7, 11) is 1.60. The molecule has 0 spiro atoms. The van der Waals surface area contributed by atoms with Crippen molar-refractivity contribution in [2.45, 2.75) is 0 Å². The molecule has 10 nitrogen and oxygen atoms in total. The third-order valence-corrected chi connectivity index (χ3v) is 4.39. The third kappa shape index (κ3) is 4.52. The van der Waals surface area contributed by atoms with Crippen LogP contribution in [0.5, 0.6) is 5.88 Å². The van der Waals surface area contributed by atoms with Crippen molar-refractivity contribution in [2.75, 3.05) is 51.4 Å². The van der Waals surface area contributed by atoms with Crippen LogP contribution < -0.4 is 9.64 Å². The van der Waals surface area contributed by atoms with Gasteiger partial charge in [-0.05, 0) is 12.1 Å². The first kappa shape index (κ1) is 19.5. The van der Waals surface area contributed by atoms with Crippen LogP contribution in [0.4, 0.5) is 11.5 Å². The predicted molar refractivity (Wildman–Crippen MR) is 101 cm³/mol. The first-order valence-corrected chi connectivity index (χ1v) is 8.83. The zero-order chi connectivity index (χ0) is 19.9. The molecule has 148 valence electrons. The number of rotatable bonds is 7. The van der Waals surface area contributed by atoms with E-state index in [1.54, 1.807) is 30.2 Å². The summed E-state index contributed by atoms with van der Waals surface area (Å²) in [5, 5.41) is 19.3. The number of methoxy groups -OCH3 is 1. The molecule has 0 bridgehead atoms. The molecule has 0 atom stereocenters. The number of carbonyl (C=O) groups excluding carboxylic acids is 1. The molecule has 0 radical (unpaired) electrons. The standard InChI is InChI=1S/C18H21N5O5/c1-27-12-13-28-17-7-6-16(19-20-17)21-8-10-22(11-9-21)18(24)14-4-2-3-5-15(14)23(25)26/h2-7H,8-13H2,1H3. The van der Waals surface area contributed by atoms with E-state index in [-0.39, 0.29) is 17.2 Å². The second-order valence-electron chi connectivity index (χ2n) is 6.12. The Morgan fingerprint density at radius 3 is 2.50 bits per heavy atom. The molecule has 0 aliphatic carbocycles. The molecule has 1 aromatic heterocycles. The average Bonchev–Trinajstić information content (AvgIpc) is 2.74. The number of hydrogen-bond acceptors (Lipinski definition) is 8. The van der Waals surface area contributed by atoms with Gasteiger partial charge in [-0.3, -0.25) is 14.9 Å². The molecule has 1 amide bonds. The molecule has 0 unspecified atom stereocenters.